The maximum atomic E-state index is 12.5. The van der Waals surface area contributed by atoms with Gasteiger partial charge in [0.05, 0.1) is 5.69 Å². The Kier molecular flexibility index (Phi) is 4.44. The van der Waals surface area contributed by atoms with E-state index in [-0.39, 0.29) is 6.03 Å². The quantitative estimate of drug-likeness (QED) is 0.933. The Morgan fingerprint density at radius 2 is 2.00 bits per heavy atom. The number of benzene rings is 1. The first-order valence-corrected chi connectivity index (χ1v) is 9.04. The number of likely N-dealkylation sites (tertiary alicyclic amines) is 1. The van der Waals surface area contributed by atoms with Gasteiger partial charge in [-0.3, -0.25) is 4.90 Å². The molecule has 2 unspecified atom stereocenters. The molecule has 2 aromatic rings. The van der Waals surface area contributed by atoms with Crippen LogP contribution in [0.15, 0.2) is 42.7 Å². The molecule has 0 saturated carbocycles. The van der Waals surface area contributed by atoms with E-state index in [9.17, 15) is 4.79 Å². The van der Waals surface area contributed by atoms with Crippen LogP contribution in [0, 0.1) is 0 Å². The molecule has 2 amide bonds. The van der Waals surface area contributed by atoms with Gasteiger partial charge in [0, 0.05) is 44.1 Å². The Bertz CT molecular complexity index is 712. The number of nitrogens with zero attached hydrogens (tertiary/aromatic N) is 4. The van der Waals surface area contributed by atoms with Gasteiger partial charge in [-0.25, -0.2) is 9.48 Å². The molecule has 2 aliphatic heterocycles. The third-order valence-electron chi connectivity index (χ3n) is 5.58. The van der Waals surface area contributed by atoms with Gasteiger partial charge in [0.1, 0.15) is 0 Å². The van der Waals surface area contributed by atoms with E-state index < -0.39 is 0 Å². The molecular formula is C19H25N5O. The van der Waals surface area contributed by atoms with Crippen molar-refractivity contribution in [2.24, 2.45) is 0 Å². The SMILES string of the molecule is CN1C2CCC1CN(C(=O)NCc1ccc(-n3cccn3)cc1)CC2. The molecule has 0 aliphatic carbocycles. The summed E-state index contributed by atoms with van der Waals surface area (Å²) in [7, 11) is 2.20. The number of urea groups is 1. The van der Waals surface area contributed by atoms with Gasteiger partial charge in [-0.15, -0.1) is 0 Å². The Hall–Kier alpha value is -2.34. The third kappa shape index (κ3) is 3.39. The summed E-state index contributed by atoms with van der Waals surface area (Å²) in [5.41, 5.74) is 2.12. The molecule has 2 saturated heterocycles. The fourth-order valence-electron chi connectivity index (χ4n) is 3.97. The van der Waals surface area contributed by atoms with Crippen LogP contribution in [0.25, 0.3) is 5.69 Å². The van der Waals surface area contributed by atoms with Crippen LogP contribution in [0.4, 0.5) is 4.79 Å². The molecule has 2 bridgehead atoms. The molecule has 3 heterocycles. The van der Waals surface area contributed by atoms with E-state index in [0.29, 0.717) is 18.6 Å². The minimum absolute atomic E-state index is 0.0529. The van der Waals surface area contributed by atoms with Gasteiger partial charge in [-0.1, -0.05) is 12.1 Å². The lowest BCUT2D eigenvalue weighted by Gasteiger charge is -2.26. The second-order valence-corrected chi connectivity index (χ2v) is 7.06. The summed E-state index contributed by atoms with van der Waals surface area (Å²) in [5.74, 6) is 0. The summed E-state index contributed by atoms with van der Waals surface area (Å²) in [4.78, 5) is 17.0. The van der Waals surface area contributed by atoms with Crippen LogP contribution in [0.2, 0.25) is 0 Å². The van der Waals surface area contributed by atoms with Gasteiger partial charge in [0.25, 0.3) is 0 Å². The van der Waals surface area contributed by atoms with Crippen LogP contribution in [0.5, 0.6) is 0 Å². The molecular weight excluding hydrogens is 314 g/mol. The maximum absolute atomic E-state index is 12.5. The molecule has 132 valence electrons. The van der Waals surface area contributed by atoms with E-state index >= 15 is 0 Å². The molecule has 0 spiro atoms. The van der Waals surface area contributed by atoms with E-state index in [0.717, 1.165) is 30.8 Å². The van der Waals surface area contributed by atoms with Crippen LogP contribution in [0.1, 0.15) is 24.8 Å². The normalized spacial score (nSPS) is 23.5. The zero-order valence-electron chi connectivity index (χ0n) is 14.6. The van der Waals surface area contributed by atoms with Crippen molar-refractivity contribution in [3.05, 3.63) is 48.3 Å². The summed E-state index contributed by atoms with van der Waals surface area (Å²) >= 11 is 0. The van der Waals surface area contributed by atoms with E-state index in [1.54, 1.807) is 6.20 Å². The first-order chi connectivity index (χ1) is 12.2. The highest BCUT2D eigenvalue weighted by atomic mass is 16.2. The van der Waals surface area contributed by atoms with Crippen LogP contribution in [0.3, 0.4) is 0 Å². The highest BCUT2D eigenvalue weighted by Gasteiger charge is 2.35. The monoisotopic (exact) mass is 339 g/mol. The van der Waals surface area contributed by atoms with Crippen molar-refractivity contribution in [1.82, 2.24) is 24.9 Å². The molecule has 6 nitrogen and oxygen atoms in total. The molecule has 25 heavy (non-hydrogen) atoms. The second kappa shape index (κ2) is 6.88. The Balaban J connectivity index is 1.33. The average molecular weight is 339 g/mol. The van der Waals surface area contributed by atoms with Crippen molar-refractivity contribution >= 4 is 6.03 Å². The lowest BCUT2D eigenvalue weighted by atomic mass is 10.1. The zero-order chi connectivity index (χ0) is 17.2. The van der Waals surface area contributed by atoms with Gasteiger partial charge >= 0.3 is 6.03 Å². The average Bonchev–Trinajstić information content (AvgIpc) is 3.22. The molecule has 4 rings (SSSR count). The smallest absolute Gasteiger partial charge is 0.317 e. The molecule has 2 aliphatic rings. The molecule has 0 radical (unpaired) electrons. The number of aromatic nitrogens is 2. The Morgan fingerprint density at radius 1 is 1.20 bits per heavy atom. The standard InChI is InChI=1S/C19H25N5O/c1-22-16-7-8-18(22)14-23(12-9-16)19(25)20-13-15-3-5-17(6-4-15)24-11-2-10-21-24/h2-6,10-11,16,18H,7-9,12-14H2,1H3,(H,20,25). The summed E-state index contributed by atoms with van der Waals surface area (Å²) < 4.78 is 1.82. The van der Waals surface area contributed by atoms with Crippen molar-refractivity contribution in [1.29, 1.82) is 0 Å². The number of carbonyl (C=O) groups excluding carboxylic acids is 1. The molecule has 6 heteroatoms. The van der Waals surface area contributed by atoms with E-state index in [4.69, 9.17) is 0 Å². The van der Waals surface area contributed by atoms with Gasteiger partial charge < -0.3 is 10.2 Å². The van der Waals surface area contributed by atoms with Crippen molar-refractivity contribution in [2.45, 2.75) is 37.9 Å². The fraction of sp³-hybridized carbons (Fsp3) is 0.474. The number of nitrogens with one attached hydrogen (secondary N) is 1. The van der Waals surface area contributed by atoms with Crippen molar-refractivity contribution in [2.75, 3.05) is 20.1 Å². The van der Waals surface area contributed by atoms with E-state index in [1.165, 1.54) is 12.8 Å². The van der Waals surface area contributed by atoms with Gasteiger partial charge in [-0.2, -0.15) is 5.10 Å². The number of rotatable bonds is 3. The highest BCUT2D eigenvalue weighted by molar-refractivity contribution is 5.74. The maximum Gasteiger partial charge on any atom is 0.317 e. The fourth-order valence-corrected chi connectivity index (χ4v) is 3.97. The minimum Gasteiger partial charge on any atom is -0.334 e. The first kappa shape index (κ1) is 16.1. The Morgan fingerprint density at radius 3 is 2.76 bits per heavy atom. The zero-order valence-corrected chi connectivity index (χ0v) is 14.6. The third-order valence-corrected chi connectivity index (χ3v) is 5.58. The largest absolute Gasteiger partial charge is 0.334 e. The number of fused-ring (bicyclic) bond motifs is 2. The molecule has 1 N–H and O–H groups in total. The highest BCUT2D eigenvalue weighted by Crippen LogP contribution is 2.28. The van der Waals surface area contributed by atoms with Crippen LogP contribution in [-0.2, 0) is 6.54 Å². The molecule has 2 fully saturated rings. The van der Waals surface area contributed by atoms with E-state index in [2.05, 4.69) is 22.4 Å². The van der Waals surface area contributed by atoms with Gasteiger partial charge in [-0.05, 0) is 50.1 Å². The summed E-state index contributed by atoms with van der Waals surface area (Å²) in [6.07, 6.45) is 7.25. The lowest BCUT2D eigenvalue weighted by Crippen LogP contribution is -2.44. The number of hydrogen-bond acceptors (Lipinski definition) is 3. The number of amides is 2. The summed E-state index contributed by atoms with van der Waals surface area (Å²) in [6, 6.07) is 11.2. The van der Waals surface area contributed by atoms with Crippen molar-refractivity contribution in [3.63, 3.8) is 0 Å². The number of likely N-dealkylation sites (N-methyl/N-ethyl adjacent to an activating group) is 1. The predicted octanol–water partition coefficient (Wildman–Crippen LogP) is 2.25. The van der Waals surface area contributed by atoms with Crippen molar-refractivity contribution < 1.29 is 4.79 Å². The molecule has 1 aromatic carbocycles. The summed E-state index contributed by atoms with van der Waals surface area (Å²) in [5, 5.41) is 7.29. The van der Waals surface area contributed by atoms with Crippen LogP contribution in [-0.4, -0.2) is 57.8 Å². The first-order valence-electron chi connectivity index (χ1n) is 9.04. The van der Waals surface area contributed by atoms with Crippen LogP contribution >= 0.6 is 0 Å². The number of carbonyl (C=O) groups is 1. The van der Waals surface area contributed by atoms with E-state index in [1.807, 2.05) is 46.1 Å². The second-order valence-electron chi connectivity index (χ2n) is 7.06. The van der Waals surface area contributed by atoms with Crippen LogP contribution < -0.4 is 5.32 Å². The van der Waals surface area contributed by atoms with Crippen molar-refractivity contribution in [3.8, 4) is 5.69 Å². The molecule has 1 aromatic heterocycles. The number of hydrogen-bond donors (Lipinski definition) is 1. The van der Waals surface area contributed by atoms with Gasteiger partial charge in [0.2, 0.25) is 0 Å². The topological polar surface area (TPSA) is 53.4 Å². The van der Waals surface area contributed by atoms with Gasteiger partial charge in [0.15, 0.2) is 0 Å². The minimum atomic E-state index is 0.0529. The molecule has 2 atom stereocenters. The summed E-state index contributed by atoms with van der Waals surface area (Å²) in [6.45, 7) is 2.26. The Labute approximate surface area is 148 Å². The lowest BCUT2D eigenvalue weighted by molar-refractivity contribution is 0.188. The predicted molar refractivity (Wildman–Crippen MR) is 96.6 cm³/mol.